The molecule has 13 heteroatoms. The number of hydrogen-bond acceptors (Lipinski definition) is 1. The third kappa shape index (κ3) is 6.18. The standard InChI is InChI=1S/C25H16F12O/c1-3-12-8-20(14-6-17(24(32,33)34)10-18(7-14)25(35,36)37)21(38-2)11-19(12)13-4-15(22(26,27)28)9-16(5-13)23(29,30)31/h4-11H,3H2,1-2H3. The minimum absolute atomic E-state index is 0.0466. The predicted molar refractivity (Wildman–Crippen MR) is 113 cm³/mol. The van der Waals surface area contributed by atoms with Crippen LogP contribution in [0, 0.1) is 0 Å². The molecule has 0 heterocycles. The fourth-order valence-corrected chi connectivity index (χ4v) is 3.80. The lowest BCUT2D eigenvalue weighted by molar-refractivity contribution is -0.144. The van der Waals surface area contributed by atoms with Crippen LogP contribution in [0.4, 0.5) is 52.7 Å². The first-order chi connectivity index (χ1) is 17.3. The van der Waals surface area contributed by atoms with Crippen LogP contribution in [0.3, 0.4) is 0 Å². The molecule has 206 valence electrons. The van der Waals surface area contributed by atoms with E-state index in [9.17, 15) is 52.7 Å². The first-order valence-corrected chi connectivity index (χ1v) is 10.6. The summed E-state index contributed by atoms with van der Waals surface area (Å²) in [4.78, 5) is 0. The molecule has 0 bridgehead atoms. The van der Waals surface area contributed by atoms with Gasteiger partial charge >= 0.3 is 24.7 Å². The van der Waals surface area contributed by atoms with E-state index in [1.54, 1.807) is 0 Å². The minimum atomic E-state index is -5.15. The number of hydrogen-bond donors (Lipinski definition) is 0. The third-order valence-corrected chi connectivity index (χ3v) is 5.60. The van der Waals surface area contributed by atoms with E-state index >= 15 is 0 Å². The van der Waals surface area contributed by atoms with Crippen molar-refractivity contribution >= 4 is 0 Å². The summed E-state index contributed by atoms with van der Waals surface area (Å²) in [7, 11) is 1.000. The highest BCUT2D eigenvalue weighted by Crippen LogP contribution is 2.44. The van der Waals surface area contributed by atoms with E-state index in [1.165, 1.54) is 6.92 Å². The summed E-state index contributed by atoms with van der Waals surface area (Å²) < 4.78 is 165. The highest BCUT2D eigenvalue weighted by Gasteiger charge is 2.38. The summed E-state index contributed by atoms with van der Waals surface area (Å²) in [5.41, 5.74) is -7.89. The Morgan fingerprint density at radius 1 is 0.500 bits per heavy atom. The number of alkyl halides is 12. The molecule has 0 saturated heterocycles. The van der Waals surface area contributed by atoms with Crippen molar-refractivity contribution in [3.63, 3.8) is 0 Å². The van der Waals surface area contributed by atoms with Gasteiger partial charge in [-0.05, 0) is 77.2 Å². The van der Waals surface area contributed by atoms with E-state index < -0.39 is 58.1 Å². The molecule has 0 aliphatic rings. The summed E-state index contributed by atoms with van der Waals surface area (Å²) in [6.07, 6.45) is -20.6. The molecule has 0 aliphatic carbocycles. The highest BCUT2D eigenvalue weighted by atomic mass is 19.4. The molecule has 0 atom stereocenters. The van der Waals surface area contributed by atoms with Crippen LogP contribution < -0.4 is 4.74 Å². The normalized spacial score (nSPS) is 13.1. The summed E-state index contributed by atoms with van der Waals surface area (Å²) >= 11 is 0. The van der Waals surface area contributed by atoms with Gasteiger partial charge in [0.2, 0.25) is 0 Å². The zero-order chi connectivity index (χ0) is 28.8. The molecule has 0 saturated carbocycles. The van der Waals surface area contributed by atoms with Gasteiger partial charge in [-0.3, -0.25) is 0 Å². The lowest BCUT2D eigenvalue weighted by Gasteiger charge is -2.20. The summed E-state index contributed by atoms with van der Waals surface area (Å²) in [6.45, 7) is 1.46. The fraction of sp³-hybridized carbons (Fsp3) is 0.280. The smallest absolute Gasteiger partial charge is 0.416 e. The fourth-order valence-electron chi connectivity index (χ4n) is 3.80. The van der Waals surface area contributed by atoms with Gasteiger partial charge in [0.1, 0.15) is 5.75 Å². The zero-order valence-corrected chi connectivity index (χ0v) is 19.3. The van der Waals surface area contributed by atoms with Gasteiger partial charge in [0.25, 0.3) is 0 Å². The Kier molecular flexibility index (Phi) is 7.48. The largest absolute Gasteiger partial charge is 0.496 e. The van der Waals surface area contributed by atoms with Crippen molar-refractivity contribution < 1.29 is 57.4 Å². The Bertz CT molecular complexity index is 1160. The maximum Gasteiger partial charge on any atom is 0.416 e. The molecule has 0 fully saturated rings. The molecule has 3 aromatic rings. The van der Waals surface area contributed by atoms with E-state index in [2.05, 4.69) is 0 Å². The second-order valence-corrected chi connectivity index (χ2v) is 8.15. The zero-order valence-electron chi connectivity index (χ0n) is 19.3. The van der Waals surface area contributed by atoms with Crippen LogP contribution in [0.15, 0.2) is 48.5 Å². The van der Waals surface area contributed by atoms with Gasteiger partial charge in [-0.15, -0.1) is 0 Å². The molecule has 0 spiro atoms. The van der Waals surface area contributed by atoms with Crippen molar-refractivity contribution in [3.8, 4) is 28.0 Å². The van der Waals surface area contributed by atoms with Crippen LogP contribution in [-0.2, 0) is 31.1 Å². The molecular weight excluding hydrogens is 544 g/mol. The molecule has 0 aliphatic heterocycles. The van der Waals surface area contributed by atoms with Crippen LogP contribution in [-0.4, -0.2) is 7.11 Å². The molecule has 0 aromatic heterocycles. The lowest BCUT2D eigenvalue weighted by atomic mass is 9.90. The minimum Gasteiger partial charge on any atom is -0.496 e. The van der Waals surface area contributed by atoms with E-state index in [1.807, 2.05) is 0 Å². The molecule has 0 amide bonds. The molecule has 0 unspecified atom stereocenters. The summed E-state index contributed by atoms with van der Waals surface area (Å²) in [6, 6.07) is 3.74. The molecule has 1 nitrogen and oxygen atoms in total. The van der Waals surface area contributed by atoms with Crippen LogP contribution in [0.25, 0.3) is 22.3 Å². The highest BCUT2D eigenvalue weighted by molar-refractivity contribution is 5.80. The third-order valence-electron chi connectivity index (χ3n) is 5.60. The van der Waals surface area contributed by atoms with Gasteiger partial charge in [0.05, 0.1) is 29.4 Å². The molecule has 0 radical (unpaired) electrons. The number of methoxy groups -OCH3 is 1. The summed E-state index contributed by atoms with van der Waals surface area (Å²) in [5.74, 6) is -0.365. The second-order valence-electron chi connectivity index (χ2n) is 8.15. The predicted octanol–water partition coefficient (Wildman–Crippen LogP) is 9.67. The number of rotatable bonds is 4. The molecule has 3 rings (SSSR count). The Labute approximate surface area is 207 Å². The summed E-state index contributed by atoms with van der Waals surface area (Å²) in [5, 5.41) is 0. The van der Waals surface area contributed by atoms with Crippen molar-refractivity contribution in [1.82, 2.24) is 0 Å². The van der Waals surface area contributed by atoms with Crippen molar-refractivity contribution in [1.29, 1.82) is 0 Å². The SMILES string of the molecule is CCc1cc(-c2cc(C(F)(F)F)cc(C(F)(F)F)c2)c(OC)cc1-c1cc(C(F)(F)F)cc(C(F)(F)F)c1. The van der Waals surface area contributed by atoms with Crippen molar-refractivity contribution in [2.75, 3.05) is 7.11 Å². The first kappa shape index (κ1) is 29.2. The van der Waals surface area contributed by atoms with E-state index in [-0.39, 0.29) is 41.0 Å². The molecule has 0 N–H and O–H groups in total. The maximum absolute atomic E-state index is 13.4. The van der Waals surface area contributed by atoms with Gasteiger partial charge in [0, 0.05) is 5.56 Å². The van der Waals surface area contributed by atoms with E-state index in [0.29, 0.717) is 24.3 Å². The number of ether oxygens (including phenoxy) is 1. The lowest BCUT2D eigenvalue weighted by Crippen LogP contribution is -2.11. The first-order valence-electron chi connectivity index (χ1n) is 10.6. The molecule has 3 aromatic carbocycles. The quantitative estimate of drug-likeness (QED) is 0.289. The van der Waals surface area contributed by atoms with Crippen LogP contribution >= 0.6 is 0 Å². The van der Waals surface area contributed by atoms with Gasteiger partial charge in [0.15, 0.2) is 0 Å². The Hall–Kier alpha value is -3.38. The van der Waals surface area contributed by atoms with Crippen LogP contribution in [0.2, 0.25) is 0 Å². The maximum atomic E-state index is 13.4. The van der Waals surface area contributed by atoms with Gasteiger partial charge in [-0.2, -0.15) is 52.7 Å². The Morgan fingerprint density at radius 2 is 0.842 bits per heavy atom. The van der Waals surface area contributed by atoms with E-state index in [4.69, 9.17) is 4.74 Å². The number of halogens is 12. The Morgan fingerprint density at radius 3 is 1.13 bits per heavy atom. The average molecular weight is 560 g/mol. The van der Waals surface area contributed by atoms with Crippen LogP contribution in [0.1, 0.15) is 34.7 Å². The van der Waals surface area contributed by atoms with E-state index in [0.717, 1.165) is 19.2 Å². The topological polar surface area (TPSA) is 9.23 Å². The van der Waals surface area contributed by atoms with Crippen molar-refractivity contribution in [2.45, 2.75) is 38.0 Å². The molecule has 38 heavy (non-hydrogen) atoms. The van der Waals surface area contributed by atoms with Crippen molar-refractivity contribution in [2.24, 2.45) is 0 Å². The number of aryl methyl sites for hydroxylation is 1. The van der Waals surface area contributed by atoms with Gasteiger partial charge in [-0.25, -0.2) is 0 Å². The molecular formula is C25H16F12O. The second kappa shape index (κ2) is 9.73. The van der Waals surface area contributed by atoms with Gasteiger partial charge in [-0.1, -0.05) is 6.92 Å². The van der Waals surface area contributed by atoms with Crippen LogP contribution in [0.5, 0.6) is 5.75 Å². The Balaban J connectivity index is 2.34. The number of benzene rings is 3. The monoisotopic (exact) mass is 560 g/mol. The average Bonchev–Trinajstić information content (AvgIpc) is 2.80. The van der Waals surface area contributed by atoms with Crippen molar-refractivity contribution in [3.05, 3.63) is 76.3 Å². The van der Waals surface area contributed by atoms with Gasteiger partial charge < -0.3 is 4.74 Å².